The van der Waals surface area contributed by atoms with Crippen molar-refractivity contribution >= 4 is 11.6 Å². The number of benzene rings is 1. The van der Waals surface area contributed by atoms with Crippen LogP contribution in [-0.4, -0.2) is 13.0 Å². The van der Waals surface area contributed by atoms with Gasteiger partial charge < -0.3 is 4.74 Å². The maximum absolute atomic E-state index is 5.83. The van der Waals surface area contributed by atoms with Crippen molar-refractivity contribution in [2.24, 2.45) is 0 Å². The van der Waals surface area contributed by atoms with E-state index in [1.54, 1.807) is 7.11 Å². The van der Waals surface area contributed by atoms with Crippen LogP contribution < -0.4 is 4.74 Å². The summed E-state index contributed by atoms with van der Waals surface area (Å²) >= 11 is 5.83. The number of methoxy groups -OCH3 is 1. The first kappa shape index (κ1) is 14.4. The van der Waals surface area contributed by atoms with E-state index in [1.165, 1.54) is 11.1 Å². The van der Waals surface area contributed by atoms with E-state index < -0.39 is 0 Å². The third-order valence-corrected chi connectivity index (χ3v) is 3.39. The molecule has 0 heterocycles. The minimum absolute atomic E-state index is 0.168. The molecule has 0 N–H and O–H groups in total. The molecule has 0 fully saturated rings. The van der Waals surface area contributed by atoms with Crippen LogP contribution in [0.15, 0.2) is 18.2 Å². The lowest BCUT2D eigenvalue weighted by Gasteiger charge is -2.23. The van der Waals surface area contributed by atoms with Crippen LogP contribution >= 0.6 is 11.6 Å². The van der Waals surface area contributed by atoms with Gasteiger partial charge in [0.15, 0.2) is 0 Å². The molecule has 1 atom stereocenters. The smallest absolute Gasteiger partial charge is 0.122 e. The molecule has 0 saturated heterocycles. The Morgan fingerprint density at radius 2 is 1.94 bits per heavy atom. The quantitative estimate of drug-likeness (QED) is 0.706. The Bertz CT molecular complexity index is 366. The first-order valence-corrected chi connectivity index (χ1v) is 6.68. The molecule has 0 aliphatic rings. The number of alkyl halides is 1. The molecule has 1 aromatic carbocycles. The fourth-order valence-corrected chi connectivity index (χ4v) is 2.23. The summed E-state index contributed by atoms with van der Waals surface area (Å²) in [6.07, 6.45) is 0.978. The van der Waals surface area contributed by atoms with E-state index in [4.69, 9.17) is 16.3 Å². The van der Waals surface area contributed by atoms with Crippen LogP contribution in [0.3, 0.4) is 0 Å². The van der Waals surface area contributed by atoms with Crippen molar-refractivity contribution in [3.05, 3.63) is 29.3 Å². The lowest BCUT2D eigenvalue weighted by molar-refractivity contribution is 0.405. The number of halogens is 1. The molecule has 0 spiro atoms. The average Bonchev–Trinajstić information content (AvgIpc) is 2.27. The molecule has 0 aliphatic carbocycles. The lowest BCUT2D eigenvalue weighted by atomic mass is 9.84. The van der Waals surface area contributed by atoms with Gasteiger partial charge in [0.2, 0.25) is 0 Å². The maximum Gasteiger partial charge on any atom is 0.122 e. The Morgan fingerprint density at radius 1 is 1.29 bits per heavy atom. The van der Waals surface area contributed by atoms with Gasteiger partial charge in [-0.3, -0.25) is 0 Å². The van der Waals surface area contributed by atoms with Crippen molar-refractivity contribution in [1.82, 2.24) is 0 Å². The molecule has 0 saturated carbocycles. The van der Waals surface area contributed by atoms with Gasteiger partial charge in [0.05, 0.1) is 7.11 Å². The Hall–Kier alpha value is -0.690. The molecule has 0 bridgehead atoms. The molecule has 2 heteroatoms. The van der Waals surface area contributed by atoms with E-state index in [0.717, 1.165) is 12.2 Å². The number of hydrogen-bond acceptors (Lipinski definition) is 1. The molecule has 0 radical (unpaired) electrons. The van der Waals surface area contributed by atoms with Crippen LogP contribution in [0.25, 0.3) is 0 Å². The number of rotatable bonds is 4. The highest BCUT2D eigenvalue weighted by Gasteiger charge is 2.18. The topological polar surface area (TPSA) is 9.23 Å². The van der Waals surface area contributed by atoms with Crippen LogP contribution in [0, 0.1) is 0 Å². The van der Waals surface area contributed by atoms with Gasteiger partial charge in [-0.2, -0.15) is 0 Å². The fraction of sp³-hybridized carbons (Fsp3) is 0.600. The zero-order chi connectivity index (χ0) is 13.1. The molecule has 1 unspecified atom stereocenters. The van der Waals surface area contributed by atoms with Gasteiger partial charge in [-0.05, 0) is 34.9 Å². The summed E-state index contributed by atoms with van der Waals surface area (Å²) in [6, 6.07) is 6.48. The Kier molecular flexibility index (Phi) is 4.88. The van der Waals surface area contributed by atoms with E-state index in [0.29, 0.717) is 11.8 Å². The predicted molar refractivity (Wildman–Crippen MR) is 75.4 cm³/mol. The van der Waals surface area contributed by atoms with E-state index in [-0.39, 0.29) is 5.41 Å². The average molecular weight is 255 g/mol. The van der Waals surface area contributed by atoms with Crippen molar-refractivity contribution in [1.29, 1.82) is 0 Å². The SMILES string of the molecule is COc1ccc(C(C)(C)C)cc1C(C)CCCl. The highest BCUT2D eigenvalue weighted by molar-refractivity contribution is 6.17. The maximum atomic E-state index is 5.83. The summed E-state index contributed by atoms with van der Waals surface area (Å²) in [5, 5.41) is 0. The number of hydrogen-bond donors (Lipinski definition) is 0. The standard InChI is InChI=1S/C15H23ClO/c1-11(8-9-16)13-10-12(15(2,3)4)6-7-14(13)17-5/h6-7,10-11H,8-9H2,1-5H3. The van der Waals surface area contributed by atoms with Crippen molar-refractivity contribution in [2.75, 3.05) is 13.0 Å². The van der Waals surface area contributed by atoms with Crippen LogP contribution in [-0.2, 0) is 5.41 Å². The lowest BCUT2D eigenvalue weighted by Crippen LogP contribution is -2.12. The molecule has 17 heavy (non-hydrogen) atoms. The van der Waals surface area contributed by atoms with Crippen molar-refractivity contribution in [2.45, 2.75) is 45.4 Å². The minimum atomic E-state index is 0.168. The summed E-state index contributed by atoms with van der Waals surface area (Å²) in [4.78, 5) is 0. The van der Waals surface area contributed by atoms with Crippen LogP contribution in [0.2, 0.25) is 0 Å². The molecule has 96 valence electrons. The van der Waals surface area contributed by atoms with Gasteiger partial charge in [0, 0.05) is 5.88 Å². The van der Waals surface area contributed by atoms with Crippen LogP contribution in [0.4, 0.5) is 0 Å². The first-order valence-electron chi connectivity index (χ1n) is 6.14. The van der Waals surface area contributed by atoms with Gasteiger partial charge in [-0.25, -0.2) is 0 Å². The van der Waals surface area contributed by atoms with Gasteiger partial charge in [0.1, 0.15) is 5.75 Å². The van der Waals surface area contributed by atoms with Gasteiger partial charge >= 0.3 is 0 Å². The zero-order valence-corrected chi connectivity index (χ0v) is 12.3. The zero-order valence-electron chi connectivity index (χ0n) is 11.5. The van der Waals surface area contributed by atoms with Gasteiger partial charge in [0.25, 0.3) is 0 Å². The molecule has 1 rings (SSSR count). The third-order valence-electron chi connectivity index (χ3n) is 3.17. The Labute approximate surface area is 110 Å². The van der Waals surface area contributed by atoms with Gasteiger partial charge in [-0.15, -0.1) is 11.6 Å². The second kappa shape index (κ2) is 5.77. The van der Waals surface area contributed by atoms with E-state index in [2.05, 4.69) is 45.9 Å². The van der Waals surface area contributed by atoms with Crippen LogP contribution in [0.5, 0.6) is 5.75 Å². The van der Waals surface area contributed by atoms with Crippen molar-refractivity contribution < 1.29 is 4.74 Å². The van der Waals surface area contributed by atoms with E-state index in [9.17, 15) is 0 Å². The molecular formula is C15H23ClO. The molecule has 0 aliphatic heterocycles. The Morgan fingerprint density at radius 3 is 2.41 bits per heavy atom. The summed E-state index contributed by atoms with van der Waals surface area (Å²) in [7, 11) is 1.73. The normalized spacial score (nSPS) is 13.5. The predicted octanol–water partition coefficient (Wildman–Crippen LogP) is 4.73. The summed E-state index contributed by atoms with van der Waals surface area (Å²) < 4.78 is 5.44. The minimum Gasteiger partial charge on any atom is -0.496 e. The second-order valence-electron chi connectivity index (χ2n) is 5.59. The molecule has 0 aromatic heterocycles. The summed E-state index contributed by atoms with van der Waals surface area (Å²) in [6.45, 7) is 8.88. The fourth-order valence-electron chi connectivity index (χ4n) is 1.91. The molecular weight excluding hydrogens is 232 g/mol. The number of ether oxygens (including phenoxy) is 1. The summed E-state index contributed by atoms with van der Waals surface area (Å²) in [5.41, 5.74) is 2.78. The molecule has 1 aromatic rings. The van der Waals surface area contributed by atoms with Crippen molar-refractivity contribution in [3.63, 3.8) is 0 Å². The monoisotopic (exact) mass is 254 g/mol. The first-order chi connectivity index (χ1) is 7.90. The second-order valence-corrected chi connectivity index (χ2v) is 5.96. The molecule has 1 nitrogen and oxygen atoms in total. The highest BCUT2D eigenvalue weighted by atomic mass is 35.5. The van der Waals surface area contributed by atoms with Gasteiger partial charge in [-0.1, -0.05) is 39.8 Å². The third kappa shape index (κ3) is 3.64. The Balaban J connectivity index is 3.15. The van der Waals surface area contributed by atoms with Crippen molar-refractivity contribution in [3.8, 4) is 5.75 Å². The van der Waals surface area contributed by atoms with E-state index >= 15 is 0 Å². The van der Waals surface area contributed by atoms with Crippen LogP contribution in [0.1, 0.15) is 51.2 Å². The van der Waals surface area contributed by atoms with E-state index in [1.807, 2.05) is 0 Å². The molecule has 0 amide bonds. The largest absolute Gasteiger partial charge is 0.496 e. The summed E-state index contributed by atoms with van der Waals surface area (Å²) in [5.74, 6) is 2.09. The highest BCUT2D eigenvalue weighted by Crippen LogP contribution is 2.33.